The van der Waals surface area contributed by atoms with Crippen LogP contribution in [-0.4, -0.2) is 21.0 Å². The lowest BCUT2D eigenvalue weighted by atomic mass is 10.2. The van der Waals surface area contributed by atoms with E-state index in [1.807, 2.05) is 19.1 Å². The lowest BCUT2D eigenvalue weighted by Crippen LogP contribution is -1.80. The summed E-state index contributed by atoms with van der Waals surface area (Å²) in [5.41, 5.74) is 3.47. The number of hydrogen-bond donors (Lipinski definition) is 1. The van der Waals surface area contributed by atoms with Crippen molar-refractivity contribution in [2.75, 3.05) is 0 Å². The SMILES string of the molecule is Cc1cc2n[nH]nc2cc1SC=O. The summed E-state index contributed by atoms with van der Waals surface area (Å²) in [6, 6.07) is 3.76. The lowest BCUT2D eigenvalue weighted by molar-refractivity contribution is 0.570. The van der Waals surface area contributed by atoms with Crippen LogP contribution in [0, 0.1) is 6.92 Å². The third kappa shape index (κ3) is 1.42. The second-order valence-electron chi connectivity index (χ2n) is 2.64. The third-order valence-corrected chi connectivity index (χ3v) is 2.58. The van der Waals surface area contributed by atoms with Crippen molar-refractivity contribution >= 4 is 28.4 Å². The van der Waals surface area contributed by atoms with Crippen LogP contribution >= 0.6 is 11.8 Å². The average molecular weight is 193 g/mol. The van der Waals surface area contributed by atoms with Gasteiger partial charge in [0.2, 0.25) is 0 Å². The van der Waals surface area contributed by atoms with Crippen molar-refractivity contribution in [2.45, 2.75) is 11.8 Å². The molecule has 0 saturated carbocycles. The molecule has 0 aliphatic rings. The van der Waals surface area contributed by atoms with Crippen LogP contribution in [0.4, 0.5) is 0 Å². The van der Waals surface area contributed by atoms with E-state index in [4.69, 9.17) is 0 Å². The van der Waals surface area contributed by atoms with E-state index in [9.17, 15) is 4.79 Å². The molecule has 0 atom stereocenters. The number of rotatable bonds is 2. The van der Waals surface area contributed by atoms with Crippen molar-refractivity contribution in [3.8, 4) is 0 Å². The summed E-state index contributed by atoms with van der Waals surface area (Å²) in [7, 11) is 0. The van der Waals surface area contributed by atoms with Gasteiger partial charge in [-0.2, -0.15) is 15.4 Å². The van der Waals surface area contributed by atoms with Gasteiger partial charge in [-0.3, -0.25) is 4.79 Å². The molecular weight excluding hydrogens is 186 g/mol. The topological polar surface area (TPSA) is 58.6 Å². The summed E-state index contributed by atoms with van der Waals surface area (Å²) in [5.74, 6) is 0. The molecule has 5 heteroatoms. The van der Waals surface area contributed by atoms with Gasteiger partial charge in [0.25, 0.3) is 0 Å². The van der Waals surface area contributed by atoms with Gasteiger partial charge in [-0.1, -0.05) is 11.8 Å². The molecule has 1 aromatic carbocycles. The van der Waals surface area contributed by atoms with E-state index in [2.05, 4.69) is 15.4 Å². The van der Waals surface area contributed by atoms with Crippen molar-refractivity contribution in [1.82, 2.24) is 15.4 Å². The largest absolute Gasteiger partial charge is 0.291 e. The molecule has 1 N–H and O–H groups in total. The number of nitrogens with zero attached hydrogens (tertiary/aromatic N) is 2. The minimum Gasteiger partial charge on any atom is -0.291 e. The fourth-order valence-corrected chi connectivity index (χ4v) is 1.68. The zero-order valence-corrected chi connectivity index (χ0v) is 7.76. The minimum absolute atomic E-state index is 0.787. The molecular formula is C8H7N3OS. The van der Waals surface area contributed by atoms with Crippen molar-refractivity contribution < 1.29 is 4.79 Å². The molecule has 0 aliphatic heterocycles. The first-order valence-electron chi connectivity index (χ1n) is 3.72. The maximum Gasteiger partial charge on any atom is 0.180 e. The van der Waals surface area contributed by atoms with Crippen LogP contribution in [0.5, 0.6) is 0 Å². The summed E-state index contributed by atoms with van der Waals surface area (Å²) in [4.78, 5) is 11.2. The van der Waals surface area contributed by atoms with Crippen LogP contribution in [0.1, 0.15) is 5.56 Å². The van der Waals surface area contributed by atoms with Gasteiger partial charge in [0, 0.05) is 4.90 Å². The third-order valence-electron chi connectivity index (χ3n) is 1.79. The molecule has 1 aromatic heterocycles. The quantitative estimate of drug-likeness (QED) is 0.580. The van der Waals surface area contributed by atoms with Gasteiger partial charge >= 0.3 is 0 Å². The van der Waals surface area contributed by atoms with Gasteiger partial charge in [0.1, 0.15) is 11.0 Å². The van der Waals surface area contributed by atoms with Gasteiger partial charge in [-0.25, -0.2) is 0 Å². The predicted octanol–water partition coefficient (Wildman–Crippen LogP) is 1.55. The molecule has 0 fully saturated rings. The number of fused-ring (bicyclic) bond motifs is 1. The minimum atomic E-state index is 0.787. The molecule has 0 aliphatic carbocycles. The van der Waals surface area contributed by atoms with Crippen molar-refractivity contribution in [1.29, 1.82) is 0 Å². The standard InChI is InChI=1S/C8H7N3OS/c1-5-2-6-7(10-11-9-6)3-8(5)13-4-12/h2-4H,1H3,(H,9,10,11). The maximum absolute atomic E-state index is 10.3. The van der Waals surface area contributed by atoms with E-state index >= 15 is 0 Å². The summed E-state index contributed by atoms with van der Waals surface area (Å²) < 4.78 is 0. The van der Waals surface area contributed by atoms with Crippen molar-refractivity contribution in [3.05, 3.63) is 17.7 Å². The molecule has 66 valence electrons. The van der Waals surface area contributed by atoms with Crippen LogP contribution in [0.3, 0.4) is 0 Å². The van der Waals surface area contributed by atoms with E-state index in [-0.39, 0.29) is 0 Å². The number of aromatic amines is 1. The molecule has 0 amide bonds. The molecule has 0 bridgehead atoms. The number of carbonyl (C=O) groups excluding carboxylic acids is 1. The molecule has 13 heavy (non-hydrogen) atoms. The number of hydrogen-bond acceptors (Lipinski definition) is 4. The van der Waals surface area contributed by atoms with Crippen molar-refractivity contribution in [3.63, 3.8) is 0 Å². The van der Waals surface area contributed by atoms with Gasteiger partial charge in [0.15, 0.2) is 5.62 Å². The van der Waals surface area contributed by atoms with Gasteiger partial charge in [0.05, 0.1) is 0 Å². The van der Waals surface area contributed by atoms with E-state index in [1.165, 1.54) is 0 Å². The molecule has 1 heterocycles. The monoisotopic (exact) mass is 193 g/mol. The normalized spacial score (nSPS) is 10.5. The fourth-order valence-electron chi connectivity index (χ4n) is 1.15. The molecule has 0 spiro atoms. The highest BCUT2D eigenvalue weighted by Gasteiger charge is 2.03. The number of aromatic nitrogens is 3. The number of nitrogens with one attached hydrogen (secondary N) is 1. The molecule has 4 nitrogen and oxygen atoms in total. The average Bonchev–Trinajstić information content (AvgIpc) is 2.52. The molecule has 0 unspecified atom stereocenters. The first-order valence-corrected chi connectivity index (χ1v) is 4.60. The first kappa shape index (κ1) is 8.25. The summed E-state index contributed by atoms with van der Waals surface area (Å²) in [6.45, 7) is 1.94. The van der Waals surface area contributed by atoms with Gasteiger partial charge in [-0.05, 0) is 24.6 Å². The second-order valence-corrected chi connectivity index (χ2v) is 3.51. The Morgan fingerprint density at radius 2 is 2.08 bits per heavy atom. The summed E-state index contributed by atoms with van der Waals surface area (Å²) in [5, 5.41) is 10.4. The second kappa shape index (κ2) is 3.18. The molecule has 0 radical (unpaired) electrons. The Labute approximate surface area is 78.7 Å². The Morgan fingerprint density at radius 3 is 2.77 bits per heavy atom. The number of benzene rings is 1. The van der Waals surface area contributed by atoms with E-state index in [1.54, 1.807) is 0 Å². The molecule has 2 rings (SSSR count). The van der Waals surface area contributed by atoms with E-state index in [0.717, 1.165) is 38.9 Å². The highest BCUT2D eigenvalue weighted by atomic mass is 32.2. The first-order chi connectivity index (χ1) is 6.31. The van der Waals surface area contributed by atoms with E-state index < -0.39 is 0 Å². The highest BCUT2D eigenvalue weighted by Crippen LogP contribution is 2.23. The predicted molar refractivity (Wildman–Crippen MR) is 51.2 cm³/mol. The van der Waals surface area contributed by atoms with Gasteiger partial charge in [-0.15, -0.1) is 0 Å². The van der Waals surface area contributed by atoms with Gasteiger partial charge < -0.3 is 0 Å². The molecule has 2 aromatic rings. The number of aryl methyl sites for hydroxylation is 1. The summed E-state index contributed by atoms with van der Waals surface area (Å²) >= 11 is 1.16. The highest BCUT2D eigenvalue weighted by molar-refractivity contribution is 8.11. The number of H-pyrrole nitrogens is 1. The van der Waals surface area contributed by atoms with Crippen LogP contribution in [0.15, 0.2) is 17.0 Å². The van der Waals surface area contributed by atoms with Crippen molar-refractivity contribution in [2.24, 2.45) is 0 Å². The molecule has 0 saturated heterocycles. The van der Waals surface area contributed by atoms with Crippen LogP contribution in [0.2, 0.25) is 0 Å². The zero-order chi connectivity index (χ0) is 9.26. The Bertz CT molecular complexity index is 452. The smallest absolute Gasteiger partial charge is 0.180 e. The Kier molecular flexibility index (Phi) is 2.02. The van der Waals surface area contributed by atoms with Crippen LogP contribution in [0.25, 0.3) is 11.0 Å². The number of thioether (sulfide) groups is 1. The maximum atomic E-state index is 10.3. The Hall–Kier alpha value is -1.36. The Morgan fingerprint density at radius 1 is 1.38 bits per heavy atom. The fraction of sp³-hybridized carbons (Fsp3) is 0.125. The van der Waals surface area contributed by atoms with E-state index in [0.29, 0.717) is 0 Å². The Balaban J connectivity index is 2.62. The summed E-state index contributed by atoms with van der Waals surface area (Å²) in [6.07, 6.45) is 0. The zero-order valence-electron chi connectivity index (χ0n) is 6.94. The van der Waals surface area contributed by atoms with Crippen LogP contribution in [-0.2, 0) is 4.79 Å². The van der Waals surface area contributed by atoms with Crippen LogP contribution < -0.4 is 0 Å². The number of carbonyl (C=O) groups is 1. The lowest BCUT2D eigenvalue weighted by Gasteiger charge is -1.98.